The Morgan fingerprint density at radius 1 is 1.28 bits per heavy atom. The van der Waals surface area contributed by atoms with Crippen molar-refractivity contribution in [1.29, 1.82) is 0 Å². The number of hydrogen-bond acceptors (Lipinski definition) is 4. The molecule has 0 spiro atoms. The van der Waals surface area contributed by atoms with Gasteiger partial charge in [-0.1, -0.05) is 30.3 Å². The van der Waals surface area contributed by atoms with Gasteiger partial charge in [0, 0.05) is 26.7 Å². The van der Waals surface area contributed by atoms with E-state index in [0.717, 1.165) is 31.0 Å². The largest absolute Gasteiger partial charge is 0.344 e. The van der Waals surface area contributed by atoms with Crippen molar-refractivity contribution in [3.63, 3.8) is 0 Å². The van der Waals surface area contributed by atoms with E-state index in [2.05, 4.69) is 22.3 Å². The molecular formula is C18H24N4O3. The van der Waals surface area contributed by atoms with Crippen molar-refractivity contribution in [2.45, 2.75) is 13.0 Å². The number of nitrogens with one attached hydrogen (secondary N) is 1. The molecule has 0 aliphatic carbocycles. The minimum atomic E-state index is -0.485. The van der Waals surface area contributed by atoms with Crippen molar-refractivity contribution in [3.8, 4) is 0 Å². The average molecular weight is 344 g/mol. The van der Waals surface area contributed by atoms with Crippen LogP contribution in [0, 0.1) is 5.92 Å². The van der Waals surface area contributed by atoms with E-state index in [4.69, 9.17) is 0 Å². The quantitative estimate of drug-likeness (QED) is 0.764. The third-order valence-electron chi connectivity index (χ3n) is 4.81. The lowest BCUT2D eigenvalue weighted by atomic mass is 10.1. The Labute approximate surface area is 147 Å². The molecule has 1 atom stereocenters. The molecule has 2 saturated heterocycles. The van der Waals surface area contributed by atoms with Crippen LogP contribution in [0.3, 0.4) is 0 Å². The Hall–Kier alpha value is -2.41. The normalized spacial score (nSPS) is 20.8. The maximum atomic E-state index is 12.3. The molecule has 2 heterocycles. The zero-order valence-corrected chi connectivity index (χ0v) is 14.5. The van der Waals surface area contributed by atoms with E-state index in [1.807, 2.05) is 18.2 Å². The van der Waals surface area contributed by atoms with E-state index < -0.39 is 6.03 Å². The topological polar surface area (TPSA) is 73.0 Å². The number of rotatable bonds is 6. The lowest BCUT2D eigenvalue weighted by molar-refractivity contribution is -0.135. The highest BCUT2D eigenvalue weighted by molar-refractivity contribution is 6.04. The van der Waals surface area contributed by atoms with Crippen LogP contribution in [0.1, 0.15) is 12.0 Å². The first-order valence-electron chi connectivity index (χ1n) is 8.61. The summed E-state index contributed by atoms with van der Waals surface area (Å²) in [6.07, 6.45) is 1.05. The molecule has 0 radical (unpaired) electrons. The Kier molecular flexibility index (Phi) is 5.33. The molecule has 0 bridgehead atoms. The summed E-state index contributed by atoms with van der Waals surface area (Å²) in [5.74, 6) is -0.130. The van der Waals surface area contributed by atoms with Gasteiger partial charge in [0.25, 0.3) is 5.91 Å². The van der Waals surface area contributed by atoms with Crippen molar-refractivity contribution in [2.75, 3.05) is 39.8 Å². The molecule has 134 valence electrons. The molecule has 1 N–H and O–H groups in total. The van der Waals surface area contributed by atoms with Gasteiger partial charge in [0.05, 0.1) is 6.54 Å². The zero-order valence-electron chi connectivity index (χ0n) is 14.5. The molecule has 2 aliphatic heterocycles. The number of amides is 4. The van der Waals surface area contributed by atoms with Crippen LogP contribution in [-0.2, 0) is 16.1 Å². The van der Waals surface area contributed by atoms with E-state index >= 15 is 0 Å². The molecule has 7 nitrogen and oxygen atoms in total. The number of carbonyl (C=O) groups is 3. The number of likely N-dealkylation sites (N-methyl/N-ethyl adjacent to an activating group) is 1. The summed E-state index contributed by atoms with van der Waals surface area (Å²) in [4.78, 5) is 40.4. The predicted molar refractivity (Wildman–Crippen MR) is 92.6 cm³/mol. The average Bonchev–Trinajstić information content (AvgIpc) is 3.16. The lowest BCUT2D eigenvalue weighted by Crippen LogP contribution is -2.43. The number of nitrogens with zero attached hydrogens (tertiary/aromatic N) is 3. The first-order chi connectivity index (χ1) is 12.0. The maximum absolute atomic E-state index is 12.3. The summed E-state index contributed by atoms with van der Waals surface area (Å²) in [7, 11) is 1.74. The van der Waals surface area contributed by atoms with Gasteiger partial charge in [-0.2, -0.15) is 0 Å². The van der Waals surface area contributed by atoms with E-state index in [1.165, 1.54) is 5.56 Å². The fourth-order valence-corrected chi connectivity index (χ4v) is 3.41. The van der Waals surface area contributed by atoms with Crippen LogP contribution < -0.4 is 5.32 Å². The number of hydrogen-bond donors (Lipinski definition) is 1. The highest BCUT2D eigenvalue weighted by atomic mass is 16.2. The summed E-state index contributed by atoms with van der Waals surface area (Å²) in [5.41, 5.74) is 1.30. The van der Waals surface area contributed by atoms with Crippen molar-refractivity contribution in [3.05, 3.63) is 35.9 Å². The van der Waals surface area contributed by atoms with Crippen molar-refractivity contribution in [2.24, 2.45) is 5.92 Å². The Balaban J connectivity index is 1.45. The monoisotopic (exact) mass is 344 g/mol. The Morgan fingerprint density at radius 3 is 2.72 bits per heavy atom. The lowest BCUT2D eigenvalue weighted by Gasteiger charge is -2.23. The second kappa shape index (κ2) is 7.65. The smallest absolute Gasteiger partial charge is 0.325 e. The molecule has 2 fully saturated rings. The van der Waals surface area contributed by atoms with Crippen LogP contribution in [0.25, 0.3) is 0 Å². The van der Waals surface area contributed by atoms with Gasteiger partial charge in [-0.15, -0.1) is 0 Å². The van der Waals surface area contributed by atoms with Crippen LogP contribution in [0.2, 0.25) is 0 Å². The Morgan fingerprint density at radius 2 is 2.04 bits per heavy atom. The summed E-state index contributed by atoms with van der Waals surface area (Å²) in [6.45, 7) is 3.35. The molecule has 7 heteroatoms. The molecule has 1 unspecified atom stereocenters. The SMILES string of the molecule is CN(CC1CCN(Cc2ccccc2)C1)C(=O)CN1C(=O)CNC1=O. The van der Waals surface area contributed by atoms with Gasteiger partial charge in [0.2, 0.25) is 5.91 Å². The number of urea groups is 1. The molecule has 25 heavy (non-hydrogen) atoms. The first-order valence-corrected chi connectivity index (χ1v) is 8.61. The highest BCUT2D eigenvalue weighted by Gasteiger charge is 2.32. The van der Waals surface area contributed by atoms with Crippen LogP contribution in [0.5, 0.6) is 0 Å². The Bertz CT molecular complexity index is 633. The van der Waals surface area contributed by atoms with E-state index in [9.17, 15) is 14.4 Å². The fourth-order valence-electron chi connectivity index (χ4n) is 3.41. The number of benzene rings is 1. The molecular weight excluding hydrogens is 320 g/mol. The van der Waals surface area contributed by atoms with Crippen LogP contribution in [0.15, 0.2) is 30.3 Å². The van der Waals surface area contributed by atoms with Crippen molar-refractivity contribution >= 4 is 17.8 Å². The van der Waals surface area contributed by atoms with Crippen LogP contribution in [-0.4, -0.2) is 72.3 Å². The maximum Gasteiger partial charge on any atom is 0.325 e. The molecule has 2 aliphatic rings. The molecule has 1 aromatic carbocycles. The molecule has 4 amide bonds. The van der Waals surface area contributed by atoms with Gasteiger partial charge in [-0.25, -0.2) is 4.79 Å². The molecule has 0 saturated carbocycles. The number of likely N-dealkylation sites (tertiary alicyclic amines) is 1. The van der Waals surface area contributed by atoms with Crippen LogP contribution in [0.4, 0.5) is 4.79 Å². The van der Waals surface area contributed by atoms with Gasteiger partial charge in [0.1, 0.15) is 6.54 Å². The minimum Gasteiger partial charge on any atom is -0.344 e. The van der Waals surface area contributed by atoms with E-state index in [0.29, 0.717) is 12.5 Å². The van der Waals surface area contributed by atoms with E-state index in [-0.39, 0.29) is 24.9 Å². The van der Waals surface area contributed by atoms with Crippen LogP contribution >= 0.6 is 0 Å². The zero-order chi connectivity index (χ0) is 17.8. The molecule has 1 aromatic rings. The van der Waals surface area contributed by atoms with Gasteiger partial charge >= 0.3 is 6.03 Å². The fraction of sp³-hybridized carbons (Fsp3) is 0.500. The highest BCUT2D eigenvalue weighted by Crippen LogP contribution is 2.19. The third kappa shape index (κ3) is 4.36. The molecule has 0 aromatic heterocycles. The van der Waals surface area contributed by atoms with Crippen molar-refractivity contribution in [1.82, 2.24) is 20.0 Å². The summed E-state index contributed by atoms with van der Waals surface area (Å²) < 4.78 is 0. The second-order valence-electron chi connectivity index (χ2n) is 6.79. The van der Waals surface area contributed by atoms with Gasteiger partial charge in [0.15, 0.2) is 0 Å². The summed E-state index contributed by atoms with van der Waals surface area (Å²) in [6, 6.07) is 9.88. The summed E-state index contributed by atoms with van der Waals surface area (Å²) >= 11 is 0. The predicted octanol–water partition coefficient (Wildman–Crippen LogP) is 0.519. The minimum absolute atomic E-state index is 0.0209. The summed E-state index contributed by atoms with van der Waals surface area (Å²) in [5, 5.41) is 2.43. The van der Waals surface area contributed by atoms with Gasteiger partial charge in [-0.3, -0.25) is 19.4 Å². The van der Waals surface area contributed by atoms with Gasteiger partial charge < -0.3 is 10.2 Å². The number of carbonyl (C=O) groups excluding carboxylic acids is 3. The second-order valence-corrected chi connectivity index (χ2v) is 6.79. The number of imide groups is 1. The van der Waals surface area contributed by atoms with Gasteiger partial charge in [-0.05, 0) is 24.4 Å². The standard InChI is InChI=1S/C18H24N4O3/c1-20(17(24)13-22-16(23)9-19-18(22)25)10-15-7-8-21(12-15)11-14-5-3-2-4-6-14/h2-6,15H,7-13H2,1H3,(H,19,25). The third-order valence-corrected chi connectivity index (χ3v) is 4.81. The molecule has 3 rings (SSSR count). The van der Waals surface area contributed by atoms with Crippen molar-refractivity contribution < 1.29 is 14.4 Å². The van der Waals surface area contributed by atoms with E-state index in [1.54, 1.807) is 11.9 Å². The first kappa shape index (κ1) is 17.4.